The van der Waals surface area contributed by atoms with E-state index in [4.69, 9.17) is 4.98 Å². The maximum Gasteiger partial charge on any atom is 0.0702 e. The highest BCUT2D eigenvalue weighted by atomic mass is 14.7. The van der Waals surface area contributed by atoms with E-state index in [1.54, 1.807) is 0 Å². The van der Waals surface area contributed by atoms with Crippen LogP contribution in [0.1, 0.15) is 22.3 Å². The van der Waals surface area contributed by atoms with Gasteiger partial charge in [-0.2, -0.15) is 0 Å². The molecular weight excluding hydrogens is 410 g/mol. The van der Waals surface area contributed by atoms with Gasteiger partial charge in [0.1, 0.15) is 0 Å². The number of nitrogens with zero attached hydrogens (tertiary/aromatic N) is 1. The summed E-state index contributed by atoms with van der Waals surface area (Å²) in [7, 11) is 0. The van der Waals surface area contributed by atoms with E-state index in [0.29, 0.717) is 0 Å². The maximum atomic E-state index is 4.87. The summed E-state index contributed by atoms with van der Waals surface area (Å²) in [6, 6.07) is 34.9. The second-order valence-corrected chi connectivity index (χ2v) is 9.25. The van der Waals surface area contributed by atoms with Gasteiger partial charge in [0.2, 0.25) is 0 Å². The third-order valence-electron chi connectivity index (χ3n) is 6.40. The van der Waals surface area contributed by atoms with Gasteiger partial charge in [0, 0.05) is 17.3 Å². The minimum Gasteiger partial charge on any atom is -0.256 e. The van der Waals surface area contributed by atoms with Crippen LogP contribution in [0.4, 0.5) is 0 Å². The zero-order chi connectivity index (χ0) is 23.7. The topological polar surface area (TPSA) is 12.9 Å². The summed E-state index contributed by atoms with van der Waals surface area (Å²) in [6.07, 6.45) is 2.00. The molecule has 0 unspecified atom stereocenters. The number of hydrogen-bond acceptors (Lipinski definition) is 1. The Morgan fingerprint density at radius 2 is 1.15 bits per heavy atom. The van der Waals surface area contributed by atoms with Crippen molar-refractivity contribution in [3.63, 3.8) is 0 Å². The van der Waals surface area contributed by atoms with E-state index in [9.17, 15) is 0 Å². The summed E-state index contributed by atoms with van der Waals surface area (Å²) in [5.74, 6) is 0. The smallest absolute Gasteiger partial charge is 0.0702 e. The van der Waals surface area contributed by atoms with Crippen LogP contribution < -0.4 is 0 Å². The molecule has 0 radical (unpaired) electrons. The molecule has 0 aliphatic heterocycles. The monoisotopic (exact) mass is 439 g/mol. The Morgan fingerprint density at radius 1 is 0.441 bits per heavy atom. The van der Waals surface area contributed by atoms with Crippen molar-refractivity contribution in [2.24, 2.45) is 0 Å². The lowest BCUT2D eigenvalue weighted by atomic mass is 9.93. The predicted molar refractivity (Wildman–Crippen MR) is 145 cm³/mol. The van der Waals surface area contributed by atoms with E-state index < -0.39 is 0 Å². The summed E-state index contributed by atoms with van der Waals surface area (Å²) < 4.78 is 0. The molecule has 0 atom stereocenters. The molecule has 34 heavy (non-hydrogen) atoms. The molecule has 1 heteroatoms. The quantitative estimate of drug-likeness (QED) is 0.272. The van der Waals surface area contributed by atoms with Crippen molar-refractivity contribution in [1.82, 2.24) is 4.98 Å². The Bertz CT molecular complexity index is 1460. The van der Waals surface area contributed by atoms with E-state index in [1.807, 2.05) is 6.20 Å². The van der Waals surface area contributed by atoms with E-state index >= 15 is 0 Å². The van der Waals surface area contributed by atoms with Crippen LogP contribution in [0.25, 0.3) is 44.6 Å². The molecule has 1 nitrogen and oxygen atoms in total. The standard InChI is InChI=1S/C33H29N/c1-22-12-13-25(4)32(19-22)26-8-7-9-27(20-26)33-15-14-28(21-34-33)30-10-5-6-11-31(30)29-17-23(2)16-24(3)18-29/h5-21H,1-4H3. The Balaban J connectivity index is 1.51. The molecule has 5 rings (SSSR count). The highest BCUT2D eigenvalue weighted by Gasteiger charge is 2.10. The summed E-state index contributed by atoms with van der Waals surface area (Å²) in [6.45, 7) is 8.62. The first-order chi connectivity index (χ1) is 16.5. The first kappa shape index (κ1) is 21.9. The van der Waals surface area contributed by atoms with Gasteiger partial charge in [-0.3, -0.25) is 4.98 Å². The molecule has 0 amide bonds. The van der Waals surface area contributed by atoms with E-state index in [0.717, 1.165) is 16.8 Å². The fourth-order valence-corrected chi connectivity index (χ4v) is 4.73. The molecule has 166 valence electrons. The van der Waals surface area contributed by atoms with Crippen LogP contribution in [0.3, 0.4) is 0 Å². The van der Waals surface area contributed by atoms with Gasteiger partial charge >= 0.3 is 0 Å². The Hall–Kier alpha value is -3.97. The van der Waals surface area contributed by atoms with Gasteiger partial charge in [0.05, 0.1) is 5.69 Å². The lowest BCUT2D eigenvalue weighted by Gasteiger charge is -2.13. The molecule has 1 aromatic heterocycles. The Kier molecular flexibility index (Phi) is 5.86. The van der Waals surface area contributed by atoms with Crippen LogP contribution in [0.5, 0.6) is 0 Å². The predicted octanol–water partition coefficient (Wildman–Crippen LogP) is 8.98. The summed E-state index contributed by atoms with van der Waals surface area (Å²) >= 11 is 0. The molecule has 0 fully saturated rings. The maximum absolute atomic E-state index is 4.87. The summed E-state index contributed by atoms with van der Waals surface area (Å²) in [5.41, 5.74) is 14.6. The third-order valence-corrected chi connectivity index (χ3v) is 6.40. The molecule has 0 saturated heterocycles. The van der Waals surface area contributed by atoms with Crippen molar-refractivity contribution >= 4 is 0 Å². The lowest BCUT2D eigenvalue weighted by molar-refractivity contribution is 1.32. The molecule has 0 N–H and O–H groups in total. The second-order valence-electron chi connectivity index (χ2n) is 9.25. The number of aromatic nitrogens is 1. The van der Waals surface area contributed by atoms with Crippen molar-refractivity contribution in [2.75, 3.05) is 0 Å². The van der Waals surface area contributed by atoms with Crippen LogP contribution in [0.15, 0.2) is 103 Å². The van der Waals surface area contributed by atoms with Crippen molar-refractivity contribution in [1.29, 1.82) is 0 Å². The third kappa shape index (κ3) is 4.43. The first-order valence-electron chi connectivity index (χ1n) is 11.8. The van der Waals surface area contributed by atoms with Gasteiger partial charge in [-0.15, -0.1) is 0 Å². The van der Waals surface area contributed by atoms with Crippen molar-refractivity contribution in [2.45, 2.75) is 27.7 Å². The number of aryl methyl sites for hydroxylation is 4. The first-order valence-corrected chi connectivity index (χ1v) is 11.8. The minimum absolute atomic E-state index is 0.986. The fraction of sp³-hybridized carbons (Fsp3) is 0.121. The van der Waals surface area contributed by atoms with Crippen LogP contribution in [0.2, 0.25) is 0 Å². The Morgan fingerprint density at radius 3 is 1.85 bits per heavy atom. The zero-order valence-electron chi connectivity index (χ0n) is 20.3. The minimum atomic E-state index is 0.986. The van der Waals surface area contributed by atoms with Gasteiger partial charge in [0.15, 0.2) is 0 Å². The second kappa shape index (κ2) is 9.11. The summed E-state index contributed by atoms with van der Waals surface area (Å²) in [5, 5.41) is 0. The highest BCUT2D eigenvalue weighted by Crippen LogP contribution is 2.34. The lowest BCUT2D eigenvalue weighted by Crippen LogP contribution is -1.90. The van der Waals surface area contributed by atoms with Crippen molar-refractivity contribution < 1.29 is 0 Å². The fourth-order valence-electron chi connectivity index (χ4n) is 4.73. The molecule has 5 aromatic rings. The van der Waals surface area contributed by atoms with Crippen LogP contribution in [-0.4, -0.2) is 4.98 Å². The molecule has 0 aliphatic carbocycles. The van der Waals surface area contributed by atoms with Crippen LogP contribution in [-0.2, 0) is 0 Å². The normalized spacial score (nSPS) is 10.9. The number of benzene rings is 4. The van der Waals surface area contributed by atoms with Crippen molar-refractivity contribution in [3.05, 3.63) is 126 Å². The SMILES string of the molecule is Cc1cc(C)cc(-c2ccccc2-c2ccc(-c3cccc(-c4cc(C)ccc4C)c3)nc2)c1. The number of hydrogen-bond donors (Lipinski definition) is 0. The van der Waals surface area contributed by atoms with Gasteiger partial charge in [-0.25, -0.2) is 0 Å². The summed E-state index contributed by atoms with van der Waals surface area (Å²) in [4.78, 5) is 4.87. The molecule has 0 bridgehead atoms. The largest absolute Gasteiger partial charge is 0.256 e. The van der Waals surface area contributed by atoms with Gasteiger partial charge in [-0.05, 0) is 73.2 Å². The molecule has 4 aromatic carbocycles. The number of rotatable bonds is 4. The van der Waals surface area contributed by atoms with Gasteiger partial charge in [-0.1, -0.05) is 102 Å². The molecule has 0 saturated carbocycles. The average molecular weight is 440 g/mol. The van der Waals surface area contributed by atoms with Crippen LogP contribution in [0, 0.1) is 27.7 Å². The van der Waals surface area contributed by atoms with E-state index in [2.05, 4.69) is 125 Å². The highest BCUT2D eigenvalue weighted by molar-refractivity contribution is 5.84. The van der Waals surface area contributed by atoms with Crippen molar-refractivity contribution in [3.8, 4) is 44.6 Å². The molecule has 1 heterocycles. The Labute approximate surface area is 202 Å². The van der Waals surface area contributed by atoms with E-state index in [-0.39, 0.29) is 0 Å². The molecule has 0 aliphatic rings. The van der Waals surface area contributed by atoms with Gasteiger partial charge in [0.25, 0.3) is 0 Å². The average Bonchev–Trinajstić information content (AvgIpc) is 2.85. The molecular formula is C33H29N. The van der Waals surface area contributed by atoms with E-state index in [1.165, 1.54) is 50.1 Å². The van der Waals surface area contributed by atoms with Crippen LogP contribution >= 0.6 is 0 Å². The molecule has 0 spiro atoms. The number of pyridine rings is 1. The van der Waals surface area contributed by atoms with Gasteiger partial charge < -0.3 is 0 Å². The zero-order valence-corrected chi connectivity index (χ0v) is 20.3.